The van der Waals surface area contributed by atoms with Crippen LogP contribution in [0.1, 0.15) is 12.8 Å². The summed E-state index contributed by atoms with van der Waals surface area (Å²) in [6.07, 6.45) is 4.36. The molecule has 0 spiro atoms. The number of aliphatic hydroxyl groups excluding tert-OH is 1. The zero-order chi connectivity index (χ0) is 17.2. The Morgan fingerprint density at radius 2 is 2.12 bits per heavy atom. The Morgan fingerprint density at radius 3 is 2.92 bits per heavy atom. The second-order valence-electron chi connectivity index (χ2n) is 6.44. The molecule has 0 aliphatic carbocycles. The maximum absolute atomic E-state index is 12.3. The van der Waals surface area contributed by atoms with Crippen molar-refractivity contribution in [1.29, 1.82) is 0 Å². The minimum Gasteiger partial charge on any atom is -0.388 e. The van der Waals surface area contributed by atoms with Crippen LogP contribution in [0.15, 0.2) is 30.6 Å². The number of aliphatic hydroxyl groups is 1. The number of aromatic nitrogens is 3. The number of ether oxygens (including phenoxy) is 1. The van der Waals surface area contributed by atoms with Crippen LogP contribution in [0.5, 0.6) is 0 Å². The predicted molar refractivity (Wildman–Crippen MR) is 94.6 cm³/mol. The zero-order valence-corrected chi connectivity index (χ0v) is 13.9. The number of aromatic amines is 1. The first-order valence-electron chi connectivity index (χ1n) is 8.57. The van der Waals surface area contributed by atoms with Crippen LogP contribution in [0, 0.1) is 0 Å². The summed E-state index contributed by atoms with van der Waals surface area (Å²) in [5.74, 6) is 0.939. The molecular formula is C18H21FN4O2. The molecule has 0 radical (unpaired) electrons. The molecule has 132 valence electrons. The molecule has 3 aromatic heterocycles. The SMILES string of the molecule is OC(CF)COC1CCN(c2ccc3c(n2)[nH]c2ccncc23)CC1. The number of hydrogen-bond donors (Lipinski definition) is 2. The van der Waals surface area contributed by atoms with E-state index in [1.54, 1.807) is 6.20 Å². The van der Waals surface area contributed by atoms with Gasteiger partial charge in [0.25, 0.3) is 0 Å². The zero-order valence-electron chi connectivity index (χ0n) is 13.9. The van der Waals surface area contributed by atoms with E-state index < -0.39 is 12.8 Å². The van der Waals surface area contributed by atoms with Crippen LogP contribution in [0.2, 0.25) is 0 Å². The van der Waals surface area contributed by atoms with Gasteiger partial charge in [-0.05, 0) is 31.0 Å². The maximum Gasteiger partial charge on any atom is 0.140 e. The monoisotopic (exact) mass is 344 g/mol. The summed E-state index contributed by atoms with van der Waals surface area (Å²) >= 11 is 0. The molecule has 1 unspecified atom stereocenters. The average Bonchev–Trinajstić information content (AvgIpc) is 3.04. The van der Waals surface area contributed by atoms with Gasteiger partial charge in [-0.1, -0.05) is 0 Å². The Balaban J connectivity index is 1.45. The van der Waals surface area contributed by atoms with Gasteiger partial charge in [0, 0.05) is 36.3 Å². The van der Waals surface area contributed by atoms with Crippen LogP contribution in [-0.2, 0) is 4.74 Å². The summed E-state index contributed by atoms with van der Waals surface area (Å²) in [7, 11) is 0. The minimum absolute atomic E-state index is 0.0640. The number of fused-ring (bicyclic) bond motifs is 3. The molecular weight excluding hydrogens is 323 g/mol. The lowest BCUT2D eigenvalue weighted by molar-refractivity contribution is -0.0253. The Bertz CT molecular complexity index is 861. The summed E-state index contributed by atoms with van der Waals surface area (Å²) in [4.78, 5) is 14.5. The van der Waals surface area contributed by atoms with Gasteiger partial charge in [0.05, 0.1) is 18.2 Å². The molecule has 0 aromatic carbocycles. The highest BCUT2D eigenvalue weighted by molar-refractivity contribution is 6.05. The van der Waals surface area contributed by atoms with E-state index in [2.05, 4.69) is 20.9 Å². The third kappa shape index (κ3) is 3.29. The highest BCUT2D eigenvalue weighted by Crippen LogP contribution is 2.27. The predicted octanol–water partition coefficient (Wildman–Crippen LogP) is 2.43. The number of H-pyrrole nitrogens is 1. The molecule has 3 aromatic rings. The van der Waals surface area contributed by atoms with E-state index in [4.69, 9.17) is 9.72 Å². The van der Waals surface area contributed by atoms with Gasteiger partial charge in [0.15, 0.2) is 0 Å². The summed E-state index contributed by atoms with van der Waals surface area (Å²) < 4.78 is 17.9. The number of nitrogens with one attached hydrogen (secondary N) is 1. The second-order valence-corrected chi connectivity index (χ2v) is 6.44. The largest absolute Gasteiger partial charge is 0.388 e. The number of nitrogens with zero attached hydrogens (tertiary/aromatic N) is 3. The van der Waals surface area contributed by atoms with Crippen molar-refractivity contribution in [3.63, 3.8) is 0 Å². The molecule has 1 aliphatic heterocycles. The fourth-order valence-corrected chi connectivity index (χ4v) is 3.33. The number of rotatable bonds is 5. The third-order valence-corrected chi connectivity index (χ3v) is 4.71. The highest BCUT2D eigenvalue weighted by Gasteiger charge is 2.22. The molecule has 7 heteroatoms. The van der Waals surface area contributed by atoms with Crippen molar-refractivity contribution in [2.45, 2.75) is 25.0 Å². The van der Waals surface area contributed by atoms with Crippen LogP contribution >= 0.6 is 0 Å². The van der Waals surface area contributed by atoms with Crippen LogP contribution in [-0.4, -0.2) is 58.6 Å². The van der Waals surface area contributed by atoms with E-state index in [-0.39, 0.29) is 12.7 Å². The van der Waals surface area contributed by atoms with Gasteiger partial charge in [-0.3, -0.25) is 4.98 Å². The third-order valence-electron chi connectivity index (χ3n) is 4.71. The molecule has 1 saturated heterocycles. The molecule has 0 amide bonds. The van der Waals surface area contributed by atoms with Crippen molar-refractivity contribution in [2.75, 3.05) is 31.3 Å². The number of halogens is 1. The van der Waals surface area contributed by atoms with Crippen LogP contribution in [0.4, 0.5) is 10.2 Å². The van der Waals surface area contributed by atoms with E-state index >= 15 is 0 Å². The number of alkyl halides is 1. The lowest BCUT2D eigenvalue weighted by atomic mass is 10.1. The van der Waals surface area contributed by atoms with Gasteiger partial charge >= 0.3 is 0 Å². The Kier molecular flexibility index (Phi) is 4.50. The summed E-state index contributed by atoms with van der Waals surface area (Å²) in [5, 5.41) is 11.4. The van der Waals surface area contributed by atoms with Gasteiger partial charge in [-0.15, -0.1) is 0 Å². The quantitative estimate of drug-likeness (QED) is 0.744. The van der Waals surface area contributed by atoms with Gasteiger partial charge in [-0.25, -0.2) is 9.37 Å². The normalized spacial score (nSPS) is 17.4. The van der Waals surface area contributed by atoms with Crippen LogP contribution < -0.4 is 4.90 Å². The summed E-state index contributed by atoms with van der Waals surface area (Å²) in [5.41, 5.74) is 1.90. The molecule has 0 saturated carbocycles. The molecule has 25 heavy (non-hydrogen) atoms. The Hall–Kier alpha value is -2.25. The van der Waals surface area contributed by atoms with Crippen molar-refractivity contribution in [3.05, 3.63) is 30.6 Å². The van der Waals surface area contributed by atoms with Gasteiger partial charge < -0.3 is 19.7 Å². The molecule has 1 aliphatic rings. The van der Waals surface area contributed by atoms with Crippen molar-refractivity contribution >= 4 is 27.8 Å². The molecule has 1 fully saturated rings. The van der Waals surface area contributed by atoms with Crippen molar-refractivity contribution in [2.24, 2.45) is 0 Å². The van der Waals surface area contributed by atoms with Crippen molar-refractivity contribution in [3.8, 4) is 0 Å². The lowest BCUT2D eigenvalue weighted by Crippen LogP contribution is -2.38. The number of piperidine rings is 1. The van der Waals surface area contributed by atoms with Gasteiger partial charge in [0.2, 0.25) is 0 Å². The summed E-state index contributed by atoms with van der Waals surface area (Å²) in [6.45, 7) is 0.963. The minimum atomic E-state index is -1.02. The highest BCUT2D eigenvalue weighted by atomic mass is 19.1. The fraction of sp³-hybridized carbons (Fsp3) is 0.444. The van der Waals surface area contributed by atoms with Crippen molar-refractivity contribution < 1.29 is 14.2 Å². The van der Waals surface area contributed by atoms with E-state index in [0.29, 0.717) is 0 Å². The molecule has 0 bridgehead atoms. The smallest absolute Gasteiger partial charge is 0.140 e. The summed E-state index contributed by atoms with van der Waals surface area (Å²) in [6, 6.07) is 6.07. The Morgan fingerprint density at radius 1 is 1.28 bits per heavy atom. The number of anilines is 1. The van der Waals surface area contributed by atoms with Crippen LogP contribution in [0.25, 0.3) is 21.9 Å². The maximum atomic E-state index is 12.3. The van der Waals surface area contributed by atoms with Gasteiger partial charge in [0.1, 0.15) is 24.2 Å². The number of hydrogen-bond acceptors (Lipinski definition) is 5. The van der Waals surface area contributed by atoms with Crippen LogP contribution in [0.3, 0.4) is 0 Å². The first-order valence-corrected chi connectivity index (χ1v) is 8.57. The molecule has 2 N–H and O–H groups in total. The van der Waals surface area contributed by atoms with E-state index in [0.717, 1.165) is 53.7 Å². The fourth-order valence-electron chi connectivity index (χ4n) is 3.33. The molecule has 4 rings (SSSR count). The standard InChI is InChI=1S/C18H21FN4O2/c19-9-12(24)11-25-13-4-7-23(8-5-13)17-2-1-14-15-10-20-6-3-16(15)21-18(14)22-17/h1-3,6,10,12-13,24H,4-5,7-9,11H2,(H,21,22). The Labute approximate surface area is 144 Å². The average molecular weight is 344 g/mol. The lowest BCUT2D eigenvalue weighted by Gasteiger charge is -2.33. The molecule has 4 heterocycles. The number of pyridine rings is 2. The topological polar surface area (TPSA) is 74.3 Å². The van der Waals surface area contributed by atoms with Gasteiger partial charge in [-0.2, -0.15) is 0 Å². The molecule has 1 atom stereocenters. The molecule has 6 nitrogen and oxygen atoms in total. The van der Waals surface area contributed by atoms with Crippen molar-refractivity contribution in [1.82, 2.24) is 15.0 Å². The first-order chi connectivity index (χ1) is 12.2. The van der Waals surface area contributed by atoms with E-state index in [1.165, 1.54) is 0 Å². The van der Waals surface area contributed by atoms with E-state index in [9.17, 15) is 9.50 Å². The second kappa shape index (κ2) is 6.93. The van der Waals surface area contributed by atoms with E-state index in [1.807, 2.05) is 18.3 Å². The first kappa shape index (κ1) is 16.2.